The molecule has 0 saturated carbocycles. The Morgan fingerprint density at radius 2 is 1.78 bits per heavy atom. The van der Waals surface area contributed by atoms with Crippen LogP contribution in [0.5, 0.6) is 0 Å². The van der Waals surface area contributed by atoms with Crippen LogP contribution in [0.1, 0.15) is 33.6 Å². The van der Waals surface area contributed by atoms with Crippen LogP contribution in [0.3, 0.4) is 0 Å². The summed E-state index contributed by atoms with van der Waals surface area (Å²) in [5, 5.41) is 0. The first-order valence-corrected chi connectivity index (χ1v) is 6.34. The highest BCUT2D eigenvalue weighted by molar-refractivity contribution is 5.67. The van der Waals surface area contributed by atoms with Gasteiger partial charge in [0.2, 0.25) is 0 Å². The van der Waals surface area contributed by atoms with Gasteiger partial charge in [-0.15, -0.1) is 0 Å². The molecule has 6 heteroatoms. The van der Waals surface area contributed by atoms with E-state index < -0.39 is 25.2 Å². The molecule has 4 nitrogen and oxygen atoms in total. The van der Waals surface area contributed by atoms with Crippen molar-refractivity contribution in [1.29, 1.82) is 0 Å². The van der Waals surface area contributed by atoms with Gasteiger partial charge in [0.25, 0.3) is 0 Å². The number of unbranched alkanes of at least 4 members (excludes halogenated alkanes) is 1. The van der Waals surface area contributed by atoms with Crippen molar-refractivity contribution >= 4 is 6.09 Å². The molecule has 0 aliphatic carbocycles. The summed E-state index contributed by atoms with van der Waals surface area (Å²) in [4.78, 5) is 12.7. The lowest BCUT2D eigenvalue weighted by Crippen LogP contribution is -2.37. The number of hydrogen-bond acceptors (Lipinski definition) is 3. The largest absolute Gasteiger partial charge is 0.443 e. The molecule has 0 bridgehead atoms. The summed E-state index contributed by atoms with van der Waals surface area (Å²) in [5.41, 5.74) is 0. The van der Waals surface area contributed by atoms with Crippen molar-refractivity contribution < 1.29 is 23.0 Å². The Labute approximate surface area is 107 Å². The van der Waals surface area contributed by atoms with E-state index in [1.54, 1.807) is 13.8 Å². The van der Waals surface area contributed by atoms with Crippen molar-refractivity contribution in [3.63, 3.8) is 0 Å². The van der Waals surface area contributed by atoms with Crippen LogP contribution >= 0.6 is 0 Å². The second-order valence-corrected chi connectivity index (χ2v) is 3.99. The van der Waals surface area contributed by atoms with E-state index in [1.807, 2.05) is 6.92 Å². The highest BCUT2D eigenvalue weighted by atomic mass is 19.3. The van der Waals surface area contributed by atoms with E-state index in [9.17, 15) is 13.6 Å². The summed E-state index contributed by atoms with van der Waals surface area (Å²) in [7, 11) is 0. The van der Waals surface area contributed by atoms with Gasteiger partial charge in [-0.1, -0.05) is 13.3 Å². The van der Waals surface area contributed by atoms with Crippen molar-refractivity contribution in [2.24, 2.45) is 0 Å². The van der Waals surface area contributed by atoms with Crippen LogP contribution in [0.4, 0.5) is 13.6 Å². The molecule has 0 saturated heterocycles. The predicted octanol–water partition coefficient (Wildman–Crippen LogP) is 2.92. The molecule has 0 radical (unpaired) electrons. The second-order valence-electron chi connectivity index (χ2n) is 3.99. The van der Waals surface area contributed by atoms with Gasteiger partial charge >= 0.3 is 12.0 Å². The number of rotatable bonds is 9. The summed E-state index contributed by atoms with van der Waals surface area (Å²) in [6.07, 6.45) is 0.922. The molecular formula is C12H23F2NO3. The van der Waals surface area contributed by atoms with Crippen LogP contribution in [-0.2, 0) is 9.47 Å². The fourth-order valence-corrected chi connectivity index (χ4v) is 1.25. The number of halogens is 2. The van der Waals surface area contributed by atoms with E-state index in [0.717, 1.165) is 12.8 Å². The average Bonchev–Trinajstić information content (AvgIpc) is 2.34. The number of carbonyl (C=O) groups is 1. The quantitative estimate of drug-likeness (QED) is 0.603. The van der Waals surface area contributed by atoms with E-state index in [4.69, 9.17) is 4.74 Å². The lowest BCUT2D eigenvalue weighted by Gasteiger charge is -2.21. The summed E-state index contributed by atoms with van der Waals surface area (Å²) in [5.74, 6) is -3.13. The third kappa shape index (κ3) is 7.42. The molecule has 0 aliphatic heterocycles. The van der Waals surface area contributed by atoms with Crippen molar-refractivity contribution in [3.8, 4) is 0 Å². The molecule has 0 spiro atoms. The number of hydrogen-bond donors (Lipinski definition) is 0. The molecule has 0 aromatic heterocycles. The summed E-state index contributed by atoms with van der Waals surface area (Å²) in [6, 6.07) is 0. The van der Waals surface area contributed by atoms with Crippen LogP contribution in [0.25, 0.3) is 0 Å². The monoisotopic (exact) mass is 267 g/mol. The zero-order chi connectivity index (χ0) is 14.0. The van der Waals surface area contributed by atoms with Crippen molar-refractivity contribution in [1.82, 2.24) is 4.90 Å². The Morgan fingerprint density at radius 1 is 1.17 bits per heavy atom. The van der Waals surface area contributed by atoms with E-state index >= 15 is 0 Å². The maximum absolute atomic E-state index is 13.3. The van der Waals surface area contributed by atoms with E-state index in [1.165, 1.54) is 4.90 Å². The third-order valence-electron chi connectivity index (χ3n) is 2.38. The van der Waals surface area contributed by atoms with Gasteiger partial charge in [-0.2, -0.15) is 0 Å². The molecule has 1 amide bonds. The molecule has 18 heavy (non-hydrogen) atoms. The molecule has 0 unspecified atom stereocenters. The SMILES string of the molecule is CCCCOCC(F)(F)COC(=O)N(CC)CC. The first-order chi connectivity index (χ1) is 8.46. The van der Waals surface area contributed by atoms with Gasteiger partial charge < -0.3 is 14.4 Å². The molecular weight excluding hydrogens is 244 g/mol. The Morgan fingerprint density at radius 3 is 2.28 bits per heavy atom. The molecule has 0 aliphatic rings. The highest BCUT2D eigenvalue weighted by Gasteiger charge is 2.32. The number of amides is 1. The second kappa shape index (κ2) is 9.08. The smallest absolute Gasteiger partial charge is 0.409 e. The number of ether oxygens (including phenoxy) is 2. The summed E-state index contributed by atoms with van der Waals surface area (Å²) in [6.45, 7) is 5.01. The Balaban J connectivity index is 3.90. The first-order valence-electron chi connectivity index (χ1n) is 6.34. The number of nitrogens with zero attached hydrogens (tertiary/aromatic N) is 1. The van der Waals surface area contributed by atoms with E-state index in [-0.39, 0.29) is 0 Å². The van der Waals surface area contributed by atoms with Crippen molar-refractivity contribution in [3.05, 3.63) is 0 Å². The highest BCUT2D eigenvalue weighted by Crippen LogP contribution is 2.15. The van der Waals surface area contributed by atoms with Gasteiger partial charge in [-0.25, -0.2) is 13.6 Å². The molecule has 0 rings (SSSR count). The van der Waals surface area contributed by atoms with Crippen LogP contribution in [0, 0.1) is 0 Å². The molecule has 0 aromatic carbocycles. The molecule has 0 heterocycles. The van der Waals surface area contributed by atoms with E-state index in [0.29, 0.717) is 19.7 Å². The number of alkyl halides is 2. The molecule has 0 fully saturated rings. The zero-order valence-corrected chi connectivity index (χ0v) is 11.4. The van der Waals surface area contributed by atoms with Gasteiger partial charge in [0.15, 0.2) is 6.61 Å². The Kier molecular flexibility index (Phi) is 8.62. The molecule has 0 aromatic rings. The van der Waals surface area contributed by atoms with Gasteiger partial charge in [0.1, 0.15) is 6.61 Å². The lowest BCUT2D eigenvalue weighted by atomic mass is 10.3. The van der Waals surface area contributed by atoms with Gasteiger partial charge in [-0.3, -0.25) is 0 Å². The van der Waals surface area contributed by atoms with Crippen molar-refractivity contribution in [2.75, 3.05) is 32.9 Å². The zero-order valence-electron chi connectivity index (χ0n) is 11.4. The normalized spacial score (nSPS) is 11.4. The van der Waals surface area contributed by atoms with Gasteiger partial charge in [0, 0.05) is 19.7 Å². The maximum Gasteiger partial charge on any atom is 0.409 e. The fraction of sp³-hybridized carbons (Fsp3) is 0.917. The maximum atomic E-state index is 13.3. The number of carbonyl (C=O) groups excluding carboxylic acids is 1. The van der Waals surface area contributed by atoms with Crippen LogP contribution < -0.4 is 0 Å². The van der Waals surface area contributed by atoms with Crippen LogP contribution in [0.2, 0.25) is 0 Å². The minimum atomic E-state index is -3.13. The molecule has 0 N–H and O–H groups in total. The summed E-state index contributed by atoms with van der Waals surface area (Å²) >= 11 is 0. The minimum Gasteiger partial charge on any atom is -0.443 e. The third-order valence-corrected chi connectivity index (χ3v) is 2.38. The van der Waals surface area contributed by atoms with Gasteiger partial charge in [-0.05, 0) is 20.3 Å². The standard InChI is InChI=1S/C12H23F2NO3/c1-4-7-8-17-9-12(13,14)10-18-11(16)15(5-2)6-3/h4-10H2,1-3H3. The molecule has 0 atom stereocenters. The fourth-order valence-electron chi connectivity index (χ4n) is 1.25. The average molecular weight is 267 g/mol. The summed E-state index contributed by atoms with van der Waals surface area (Å²) < 4.78 is 35.9. The first kappa shape index (κ1) is 17.1. The Hall–Kier alpha value is -0.910. The van der Waals surface area contributed by atoms with Crippen LogP contribution in [0.15, 0.2) is 0 Å². The minimum absolute atomic E-state index is 0.302. The molecule has 108 valence electrons. The predicted molar refractivity (Wildman–Crippen MR) is 64.9 cm³/mol. The van der Waals surface area contributed by atoms with Gasteiger partial charge in [0.05, 0.1) is 0 Å². The van der Waals surface area contributed by atoms with Crippen molar-refractivity contribution in [2.45, 2.75) is 39.5 Å². The lowest BCUT2D eigenvalue weighted by molar-refractivity contribution is -0.111. The van der Waals surface area contributed by atoms with E-state index in [2.05, 4.69) is 4.74 Å². The Bertz CT molecular complexity index is 233. The van der Waals surface area contributed by atoms with Crippen LogP contribution in [-0.4, -0.2) is 49.8 Å². The topological polar surface area (TPSA) is 38.8 Å².